The Morgan fingerprint density at radius 2 is 1.81 bits per heavy atom. The maximum absolute atomic E-state index is 13.0. The van der Waals surface area contributed by atoms with Crippen LogP contribution >= 0.6 is 23.1 Å². The van der Waals surface area contributed by atoms with E-state index in [2.05, 4.69) is 31.9 Å². The molecule has 3 aromatic rings. The quantitative estimate of drug-likeness (QED) is 0.118. The molecule has 194 valence electrons. The number of ether oxygens (including phenoxy) is 2. The minimum Gasteiger partial charge on any atom is -0.493 e. The van der Waals surface area contributed by atoms with E-state index >= 15 is 0 Å². The molecule has 0 aliphatic heterocycles. The second-order valence-corrected chi connectivity index (χ2v) is 11.3. The van der Waals surface area contributed by atoms with Crippen LogP contribution in [0.5, 0.6) is 11.5 Å². The molecule has 2 heterocycles. The standard InChI is InChI=1S/C29H38N2O3S2/c1-21(2)24-14-13-23(28(32)27-11-10-18-35-27)29(30-24)36-17-9-7-6-8-16-31(3)20-22-12-15-25(33-4)26(19-22)34-5/h10-15,18-19,21H,6-9,16-17,20H2,1-5H3. The van der Waals surface area contributed by atoms with E-state index in [1.807, 2.05) is 41.8 Å². The van der Waals surface area contributed by atoms with Crippen LogP contribution in [0.1, 0.15) is 71.9 Å². The molecule has 3 rings (SSSR count). The zero-order valence-corrected chi connectivity index (χ0v) is 23.7. The molecule has 0 N–H and O–H groups in total. The van der Waals surface area contributed by atoms with Gasteiger partial charge < -0.3 is 14.4 Å². The Morgan fingerprint density at radius 3 is 2.50 bits per heavy atom. The van der Waals surface area contributed by atoms with Gasteiger partial charge in [-0.25, -0.2) is 4.98 Å². The largest absolute Gasteiger partial charge is 0.493 e. The number of nitrogens with zero attached hydrogens (tertiary/aromatic N) is 2. The normalized spacial score (nSPS) is 11.3. The Bertz CT molecular complexity index is 1100. The van der Waals surface area contributed by atoms with Crippen molar-refractivity contribution >= 4 is 28.9 Å². The fourth-order valence-electron chi connectivity index (χ4n) is 3.98. The van der Waals surface area contributed by atoms with Gasteiger partial charge in [-0.05, 0) is 79.4 Å². The number of unbranched alkanes of at least 4 members (excludes halogenated alkanes) is 3. The second kappa shape index (κ2) is 14.4. The molecule has 0 radical (unpaired) electrons. The molecule has 36 heavy (non-hydrogen) atoms. The molecule has 2 aromatic heterocycles. The maximum Gasteiger partial charge on any atom is 0.205 e. The number of carbonyl (C=O) groups excluding carboxylic acids is 1. The molecule has 7 heteroatoms. The molecule has 0 aliphatic carbocycles. The monoisotopic (exact) mass is 526 g/mol. The van der Waals surface area contributed by atoms with Crippen LogP contribution in [-0.2, 0) is 6.54 Å². The van der Waals surface area contributed by atoms with E-state index in [9.17, 15) is 4.79 Å². The Morgan fingerprint density at radius 1 is 1.03 bits per heavy atom. The fraction of sp³-hybridized carbons (Fsp3) is 0.448. The van der Waals surface area contributed by atoms with Crippen LogP contribution < -0.4 is 9.47 Å². The summed E-state index contributed by atoms with van der Waals surface area (Å²) in [5, 5.41) is 2.82. The predicted octanol–water partition coefficient (Wildman–Crippen LogP) is 7.30. The highest BCUT2D eigenvalue weighted by Gasteiger charge is 2.17. The van der Waals surface area contributed by atoms with Crippen LogP contribution in [0.15, 0.2) is 52.9 Å². The first kappa shape index (κ1) is 28.2. The van der Waals surface area contributed by atoms with Gasteiger partial charge in [-0.15, -0.1) is 23.1 Å². The Kier molecular flexibility index (Phi) is 11.3. The van der Waals surface area contributed by atoms with Crippen molar-refractivity contribution in [3.05, 3.63) is 69.5 Å². The summed E-state index contributed by atoms with van der Waals surface area (Å²) >= 11 is 3.20. The average Bonchev–Trinajstić information content (AvgIpc) is 3.42. The topological polar surface area (TPSA) is 51.7 Å². The van der Waals surface area contributed by atoms with Gasteiger partial charge >= 0.3 is 0 Å². The summed E-state index contributed by atoms with van der Waals surface area (Å²) in [5.74, 6) is 2.92. The van der Waals surface area contributed by atoms with E-state index in [1.165, 1.54) is 29.7 Å². The first-order valence-corrected chi connectivity index (χ1v) is 14.4. The number of benzene rings is 1. The van der Waals surface area contributed by atoms with Crippen molar-refractivity contribution < 1.29 is 14.3 Å². The van der Waals surface area contributed by atoms with Crippen LogP contribution in [0.25, 0.3) is 0 Å². The third-order valence-corrected chi connectivity index (χ3v) is 7.98. The molecule has 0 atom stereocenters. The van der Waals surface area contributed by atoms with Crippen molar-refractivity contribution in [2.24, 2.45) is 0 Å². The highest BCUT2D eigenvalue weighted by Crippen LogP contribution is 2.29. The molecule has 0 amide bonds. The SMILES string of the molecule is COc1ccc(CN(C)CCCCCCSc2nc(C(C)C)ccc2C(=O)c2cccs2)cc1OC. The minimum atomic E-state index is 0.0767. The number of ketones is 1. The van der Waals surface area contributed by atoms with E-state index in [4.69, 9.17) is 14.5 Å². The summed E-state index contributed by atoms with van der Waals surface area (Å²) in [6, 6.07) is 13.9. The summed E-state index contributed by atoms with van der Waals surface area (Å²) in [6.45, 7) is 6.22. The van der Waals surface area contributed by atoms with Crippen LogP contribution in [0.3, 0.4) is 0 Å². The van der Waals surface area contributed by atoms with Gasteiger partial charge in [0.25, 0.3) is 0 Å². The van der Waals surface area contributed by atoms with Crippen molar-refractivity contribution in [1.82, 2.24) is 9.88 Å². The summed E-state index contributed by atoms with van der Waals surface area (Å²) < 4.78 is 10.7. The lowest BCUT2D eigenvalue weighted by molar-refractivity contribution is 0.103. The van der Waals surface area contributed by atoms with Crippen molar-refractivity contribution in [3.63, 3.8) is 0 Å². The molecule has 0 unspecified atom stereocenters. The highest BCUT2D eigenvalue weighted by molar-refractivity contribution is 7.99. The number of hydrogen-bond acceptors (Lipinski definition) is 7. The number of methoxy groups -OCH3 is 2. The van der Waals surface area contributed by atoms with Gasteiger partial charge in [-0.3, -0.25) is 4.79 Å². The number of hydrogen-bond donors (Lipinski definition) is 0. The molecule has 0 spiro atoms. The number of rotatable bonds is 15. The minimum absolute atomic E-state index is 0.0767. The van der Waals surface area contributed by atoms with Crippen molar-refractivity contribution in [1.29, 1.82) is 0 Å². The van der Waals surface area contributed by atoms with Crippen molar-refractivity contribution in [2.75, 3.05) is 33.6 Å². The van der Waals surface area contributed by atoms with E-state index in [-0.39, 0.29) is 5.78 Å². The van der Waals surface area contributed by atoms with Crippen molar-refractivity contribution in [2.45, 2.75) is 57.0 Å². The van der Waals surface area contributed by atoms with Gasteiger partial charge in [0, 0.05) is 12.2 Å². The Hall–Kier alpha value is -2.35. The van der Waals surface area contributed by atoms with Gasteiger partial charge in [0.15, 0.2) is 11.5 Å². The van der Waals surface area contributed by atoms with Crippen LogP contribution in [0, 0.1) is 0 Å². The zero-order valence-electron chi connectivity index (χ0n) is 22.1. The summed E-state index contributed by atoms with van der Waals surface area (Å²) in [5.41, 5.74) is 2.98. The second-order valence-electron chi connectivity index (χ2n) is 9.24. The molecule has 0 saturated carbocycles. The first-order chi connectivity index (χ1) is 17.4. The number of thioether (sulfide) groups is 1. The molecule has 0 aliphatic rings. The third-order valence-electron chi connectivity index (χ3n) is 6.04. The summed E-state index contributed by atoms with van der Waals surface area (Å²) in [4.78, 5) is 21.0. The predicted molar refractivity (Wildman–Crippen MR) is 151 cm³/mol. The molecular formula is C29H38N2O3S2. The van der Waals surface area contributed by atoms with Crippen LogP contribution in [0.2, 0.25) is 0 Å². The van der Waals surface area contributed by atoms with Crippen LogP contribution in [0.4, 0.5) is 0 Å². The molecule has 0 fully saturated rings. The lowest BCUT2D eigenvalue weighted by atomic mass is 10.1. The number of aromatic nitrogens is 1. The smallest absolute Gasteiger partial charge is 0.205 e. The van der Waals surface area contributed by atoms with Gasteiger partial charge in [-0.2, -0.15) is 0 Å². The van der Waals surface area contributed by atoms with Gasteiger partial charge in [0.1, 0.15) is 5.03 Å². The molecule has 5 nitrogen and oxygen atoms in total. The van der Waals surface area contributed by atoms with Crippen LogP contribution in [-0.4, -0.2) is 49.2 Å². The Labute approximate surface area is 224 Å². The molecule has 0 bridgehead atoms. The highest BCUT2D eigenvalue weighted by atomic mass is 32.2. The molecule has 0 saturated heterocycles. The van der Waals surface area contributed by atoms with E-state index in [0.717, 1.165) is 64.3 Å². The van der Waals surface area contributed by atoms with Gasteiger partial charge in [0.05, 0.1) is 24.7 Å². The fourth-order valence-corrected chi connectivity index (χ4v) is 5.68. The maximum atomic E-state index is 13.0. The van der Waals surface area contributed by atoms with E-state index in [1.54, 1.807) is 26.0 Å². The van der Waals surface area contributed by atoms with Crippen molar-refractivity contribution in [3.8, 4) is 11.5 Å². The number of carbonyl (C=O) groups is 1. The molecular weight excluding hydrogens is 488 g/mol. The number of thiophene rings is 1. The Balaban J connectivity index is 1.42. The summed E-state index contributed by atoms with van der Waals surface area (Å²) in [6.07, 6.45) is 4.65. The van der Waals surface area contributed by atoms with E-state index < -0.39 is 0 Å². The third kappa shape index (κ3) is 8.08. The average molecular weight is 527 g/mol. The lowest BCUT2D eigenvalue weighted by Gasteiger charge is -2.17. The number of pyridine rings is 1. The summed E-state index contributed by atoms with van der Waals surface area (Å²) in [7, 11) is 5.49. The van der Waals surface area contributed by atoms with Gasteiger partial charge in [-0.1, -0.05) is 38.8 Å². The first-order valence-electron chi connectivity index (χ1n) is 12.5. The molecule has 1 aromatic carbocycles. The van der Waals surface area contributed by atoms with E-state index in [0.29, 0.717) is 5.92 Å². The zero-order chi connectivity index (χ0) is 25.9. The lowest BCUT2D eigenvalue weighted by Crippen LogP contribution is -2.19. The van der Waals surface area contributed by atoms with Gasteiger partial charge in [0.2, 0.25) is 5.78 Å².